The lowest BCUT2D eigenvalue weighted by Crippen LogP contribution is -2.58. The van der Waals surface area contributed by atoms with Gasteiger partial charge in [-0.1, -0.05) is 36.4 Å². The molecule has 1 spiro atoms. The molecule has 0 N–H and O–H groups in total. The summed E-state index contributed by atoms with van der Waals surface area (Å²) in [6.07, 6.45) is 0.434. The number of rotatable bonds is 3. The number of halogens is 1. The van der Waals surface area contributed by atoms with Gasteiger partial charge in [-0.05, 0) is 43.5 Å². The Morgan fingerprint density at radius 1 is 1.19 bits per heavy atom. The second-order valence-corrected chi connectivity index (χ2v) is 10.2. The maximum absolute atomic E-state index is 13.9. The Hall–Kier alpha value is -2.65. The van der Waals surface area contributed by atoms with Gasteiger partial charge in [0.1, 0.15) is 12.4 Å². The van der Waals surface area contributed by atoms with Gasteiger partial charge in [-0.3, -0.25) is 0 Å². The largest absolute Gasteiger partial charge is 0.445 e. The number of carbonyl (C=O) groups is 1. The first-order chi connectivity index (χ1) is 14.7. The molecular weight excluding hydrogens is 421 g/mol. The molecule has 0 aliphatic carbocycles. The zero-order valence-electron chi connectivity index (χ0n) is 17.6. The number of benzene rings is 2. The number of piperidine rings is 1. The van der Waals surface area contributed by atoms with Crippen molar-refractivity contribution in [3.8, 4) is 0 Å². The average molecular weight is 448 g/mol. The molecule has 2 aliphatic rings. The maximum Gasteiger partial charge on any atom is 0.410 e. The number of amides is 1. The van der Waals surface area contributed by atoms with Crippen LogP contribution in [-0.2, 0) is 21.6 Å². The first-order valence-corrected chi connectivity index (χ1v) is 11.6. The zero-order chi connectivity index (χ0) is 22.2. The van der Waals surface area contributed by atoms with Crippen molar-refractivity contribution >= 4 is 22.0 Å². The van der Waals surface area contributed by atoms with Crippen LogP contribution < -0.4 is 4.31 Å². The summed E-state index contributed by atoms with van der Waals surface area (Å²) in [6, 6.07) is 14.8. The second-order valence-electron chi connectivity index (χ2n) is 8.27. The van der Waals surface area contributed by atoms with E-state index >= 15 is 0 Å². The van der Waals surface area contributed by atoms with E-state index in [-0.39, 0.29) is 19.2 Å². The summed E-state index contributed by atoms with van der Waals surface area (Å²) in [6.45, 7) is 2.70. The molecule has 2 atom stereocenters. The molecule has 2 fully saturated rings. The van der Waals surface area contributed by atoms with Crippen LogP contribution in [0.1, 0.15) is 25.3 Å². The average Bonchev–Trinajstić information content (AvgIpc) is 2.91. The highest BCUT2D eigenvalue weighted by Gasteiger charge is 2.56. The minimum absolute atomic E-state index is 0.181. The first kappa shape index (κ1) is 21.6. The van der Waals surface area contributed by atoms with Gasteiger partial charge in [0.15, 0.2) is 0 Å². The Morgan fingerprint density at radius 2 is 1.94 bits per heavy atom. The van der Waals surface area contributed by atoms with E-state index in [1.165, 1.54) is 33.9 Å². The van der Waals surface area contributed by atoms with Gasteiger partial charge in [-0.15, -0.1) is 0 Å². The molecule has 2 saturated heterocycles. The molecule has 2 aromatic rings. The normalized spacial score (nSPS) is 25.7. The third kappa shape index (κ3) is 3.99. The highest BCUT2D eigenvalue weighted by molar-refractivity contribution is 7.90. The molecule has 1 amide bonds. The number of likely N-dealkylation sites (tertiary alicyclic amines) is 1. The molecule has 2 unspecified atom stereocenters. The third-order valence-electron chi connectivity index (χ3n) is 6.08. The fraction of sp³-hybridized carbons (Fsp3) is 0.409. The monoisotopic (exact) mass is 447 g/mol. The predicted octanol–water partition coefficient (Wildman–Crippen LogP) is 3.38. The topological polar surface area (TPSA) is 70.2 Å². The molecule has 2 heterocycles. The number of carbonyl (C=O) groups excluding carboxylic acids is 1. The van der Waals surface area contributed by atoms with E-state index in [2.05, 4.69) is 0 Å². The van der Waals surface area contributed by atoms with Gasteiger partial charge in [0.05, 0.1) is 11.2 Å². The fourth-order valence-corrected chi connectivity index (χ4v) is 6.44. The first-order valence-electron chi connectivity index (χ1n) is 10.2. The summed E-state index contributed by atoms with van der Waals surface area (Å²) in [7, 11) is -2.26. The van der Waals surface area contributed by atoms with Crippen molar-refractivity contribution in [2.75, 3.05) is 24.4 Å². The lowest BCUT2D eigenvalue weighted by Gasteiger charge is -2.46. The number of likely N-dealkylation sites (N-methyl/N-ethyl adjacent to an activating group) is 1. The van der Waals surface area contributed by atoms with Crippen LogP contribution in [0, 0.1) is 5.82 Å². The lowest BCUT2D eigenvalue weighted by molar-refractivity contribution is 0.0570. The molecule has 2 aromatic carbocycles. The molecule has 0 radical (unpaired) electrons. The zero-order valence-corrected chi connectivity index (χ0v) is 18.4. The number of ether oxygens (including phenoxy) is 1. The van der Waals surface area contributed by atoms with E-state index in [4.69, 9.17) is 4.74 Å². The van der Waals surface area contributed by atoms with Gasteiger partial charge >= 0.3 is 16.3 Å². The molecule has 166 valence electrons. The van der Waals surface area contributed by atoms with Gasteiger partial charge in [-0.25, -0.2) is 13.5 Å². The van der Waals surface area contributed by atoms with Crippen LogP contribution in [0.3, 0.4) is 0 Å². The standard InChI is InChI=1S/C22H26FN3O4S/c1-17-14-22(11-12-25(17)21(27)30-15-18-7-4-3-5-8-18)16-24(2)31(28,29)26(22)20-10-6-9-19(23)13-20/h3-10,13,17H,11-12,14-16H2,1-2H3. The summed E-state index contributed by atoms with van der Waals surface area (Å²) in [5, 5.41) is 0. The Labute approximate surface area is 182 Å². The molecule has 4 rings (SSSR count). The second kappa shape index (κ2) is 8.12. The Bertz CT molecular complexity index is 1070. The number of anilines is 1. The molecule has 31 heavy (non-hydrogen) atoms. The van der Waals surface area contributed by atoms with Crippen LogP contribution in [0.25, 0.3) is 0 Å². The van der Waals surface area contributed by atoms with Gasteiger partial charge in [0, 0.05) is 26.2 Å². The van der Waals surface area contributed by atoms with Gasteiger partial charge in [-0.2, -0.15) is 12.7 Å². The van der Waals surface area contributed by atoms with Crippen LogP contribution in [0.15, 0.2) is 54.6 Å². The molecule has 0 bridgehead atoms. The lowest BCUT2D eigenvalue weighted by atomic mass is 9.83. The van der Waals surface area contributed by atoms with Crippen LogP contribution in [0.2, 0.25) is 0 Å². The number of hydrogen-bond donors (Lipinski definition) is 0. The molecule has 2 aliphatic heterocycles. The minimum atomic E-state index is -3.79. The van der Waals surface area contributed by atoms with Crippen molar-refractivity contribution in [1.82, 2.24) is 9.21 Å². The molecule has 0 aromatic heterocycles. The van der Waals surface area contributed by atoms with Crippen molar-refractivity contribution in [3.63, 3.8) is 0 Å². The van der Waals surface area contributed by atoms with Crippen LogP contribution in [-0.4, -0.2) is 55.4 Å². The van der Waals surface area contributed by atoms with Crippen molar-refractivity contribution in [2.24, 2.45) is 0 Å². The smallest absolute Gasteiger partial charge is 0.410 e. The summed E-state index contributed by atoms with van der Waals surface area (Å²) in [5.74, 6) is -0.493. The van der Waals surface area contributed by atoms with E-state index in [9.17, 15) is 17.6 Å². The van der Waals surface area contributed by atoms with Crippen LogP contribution in [0.5, 0.6) is 0 Å². The highest BCUT2D eigenvalue weighted by Crippen LogP contribution is 2.43. The predicted molar refractivity (Wildman–Crippen MR) is 115 cm³/mol. The van der Waals surface area contributed by atoms with E-state index in [0.717, 1.165) is 5.56 Å². The van der Waals surface area contributed by atoms with Crippen molar-refractivity contribution in [2.45, 2.75) is 38.0 Å². The Kier molecular flexibility index (Phi) is 5.65. The third-order valence-corrected chi connectivity index (χ3v) is 8.06. The summed E-state index contributed by atoms with van der Waals surface area (Å²) >= 11 is 0. The summed E-state index contributed by atoms with van der Waals surface area (Å²) < 4.78 is 48.2. The van der Waals surface area contributed by atoms with E-state index in [1.54, 1.807) is 11.0 Å². The quantitative estimate of drug-likeness (QED) is 0.723. The van der Waals surface area contributed by atoms with Gasteiger partial charge < -0.3 is 9.64 Å². The Morgan fingerprint density at radius 3 is 2.61 bits per heavy atom. The number of hydrogen-bond acceptors (Lipinski definition) is 4. The van der Waals surface area contributed by atoms with Crippen molar-refractivity contribution in [1.29, 1.82) is 0 Å². The molecule has 7 nitrogen and oxygen atoms in total. The SMILES string of the molecule is CC1CC2(CCN1C(=O)OCc1ccccc1)CN(C)S(=O)(=O)N2c1cccc(F)c1. The minimum Gasteiger partial charge on any atom is -0.445 e. The highest BCUT2D eigenvalue weighted by atomic mass is 32.2. The Balaban J connectivity index is 1.53. The fourth-order valence-electron chi connectivity index (χ4n) is 4.67. The molecular formula is C22H26FN3O4S. The van der Waals surface area contributed by atoms with Crippen molar-refractivity contribution in [3.05, 3.63) is 66.0 Å². The summed E-state index contributed by atoms with van der Waals surface area (Å²) in [5.41, 5.74) is 0.450. The van der Waals surface area contributed by atoms with E-state index < -0.39 is 27.7 Å². The van der Waals surface area contributed by atoms with Gasteiger partial charge in [0.2, 0.25) is 0 Å². The molecule has 9 heteroatoms. The van der Waals surface area contributed by atoms with E-state index in [0.29, 0.717) is 25.1 Å². The number of nitrogens with zero attached hydrogens (tertiary/aromatic N) is 3. The molecule has 0 saturated carbocycles. The van der Waals surface area contributed by atoms with Gasteiger partial charge in [0.25, 0.3) is 0 Å². The van der Waals surface area contributed by atoms with Crippen LogP contribution in [0.4, 0.5) is 14.9 Å². The van der Waals surface area contributed by atoms with E-state index in [1.807, 2.05) is 37.3 Å². The maximum atomic E-state index is 13.9. The van der Waals surface area contributed by atoms with Crippen molar-refractivity contribution < 1.29 is 22.3 Å². The van der Waals surface area contributed by atoms with Crippen LogP contribution >= 0.6 is 0 Å². The summed E-state index contributed by atoms with van der Waals surface area (Å²) in [4.78, 5) is 14.3.